The second-order valence-corrected chi connectivity index (χ2v) is 4.35. The molecule has 2 atom stereocenters. The van der Waals surface area contributed by atoms with Crippen molar-refractivity contribution in [3.8, 4) is 5.75 Å². The van der Waals surface area contributed by atoms with Crippen molar-refractivity contribution in [2.45, 2.75) is 18.8 Å². The van der Waals surface area contributed by atoms with Gasteiger partial charge in [-0.05, 0) is 12.5 Å². The average molecular weight is 276 g/mol. The van der Waals surface area contributed by atoms with Crippen LogP contribution in [0.5, 0.6) is 5.75 Å². The maximum absolute atomic E-state index is 12.4. The molecular formula is C12H15F3N2O2. The van der Waals surface area contributed by atoms with Crippen LogP contribution >= 0.6 is 0 Å². The summed E-state index contributed by atoms with van der Waals surface area (Å²) < 4.78 is 46.4. The summed E-state index contributed by atoms with van der Waals surface area (Å²) in [5.41, 5.74) is 2.95. The Morgan fingerprint density at radius 3 is 2.68 bits per heavy atom. The van der Waals surface area contributed by atoms with E-state index < -0.39 is 12.4 Å². The molecule has 1 fully saturated rings. The molecule has 1 aromatic rings. The highest BCUT2D eigenvalue weighted by Gasteiger charge is 2.34. The van der Waals surface area contributed by atoms with E-state index in [1.807, 2.05) is 0 Å². The lowest BCUT2D eigenvalue weighted by Crippen LogP contribution is -2.34. The van der Waals surface area contributed by atoms with Gasteiger partial charge in [0.25, 0.3) is 0 Å². The fourth-order valence-corrected chi connectivity index (χ4v) is 2.25. The number of alkyl halides is 3. The summed E-state index contributed by atoms with van der Waals surface area (Å²) in [5.74, 6) is 5.27. The average Bonchev–Trinajstić information content (AvgIpc) is 2.84. The van der Waals surface area contributed by atoms with Crippen LogP contribution in [0.15, 0.2) is 24.3 Å². The molecule has 7 heteroatoms. The maximum atomic E-state index is 12.4. The van der Waals surface area contributed by atoms with Crippen LogP contribution < -0.4 is 16.0 Å². The molecule has 1 aliphatic rings. The van der Waals surface area contributed by atoms with Gasteiger partial charge in [-0.15, -0.1) is 13.2 Å². The molecule has 0 aliphatic carbocycles. The summed E-state index contributed by atoms with van der Waals surface area (Å²) in [6.45, 7) is 1.06. The van der Waals surface area contributed by atoms with Crippen molar-refractivity contribution >= 4 is 0 Å². The molecule has 1 aromatic carbocycles. The molecule has 2 rings (SSSR count). The topological polar surface area (TPSA) is 56.5 Å². The van der Waals surface area contributed by atoms with Crippen LogP contribution in [0.1, 0.15) is 18.0 Å². The van der Waals surface area contributed by atoms with Crippen molar-refractivity contribution < 1.29 is 22.6 Å². The third-order valence-electron chi connectivity index (χ3n) is 3.10. The largest absolute Gasteiger partial charge is 0.573 e. The van der Waals surface area contributed by atoms with Gasteiger partial charge in [0, 0.05) is 18.1 Å². The Hall–Kier alpha value is -1.31. The third-order valence-corrected chi connectivity index (χ3v) is 3.10. The van der Waals surface area contributed by atoms with E-state index in [4.69, 9.17) is 10.6 Å². The van der Waals surface area contributed by atoms with Gasteiger partial charge in [0.2, 0.25) is 0 Å². The van der Waals surface area contributed by atoms with Crippen LogP contribution in [0, 0.1) is 5.92 Å². The lowest BCUT2D eigenvalue weighted by Gasteiger charge is -2.24. The van der Waals surface area contributed by atoms with E-state index in [1.165, 1.54) is 12.1 Å². The smallest absolute Gasteiger partial charge is 0.405 e. The molecule has 0 aromatic heterocycles. The predicted octanol–water partition coefficient (Wildman–Crippen LogP) is 2.13. The number of rotatable bonds is 4. The minimum Gasteiger partial charge on any atom is -0.405 e. The first-order valence-corrected chi connectivity index (χ1v) is 5.90. The van der Waals surface area contributed by atoms with E-state index in [0.717, 1.165) is 6.42 Å². The van der Waals surface area contributed by atoms with Crippen LogP contribution in [0.4, 0.5) is 13.2 Å². The van der Waals surface area contributed by atoms with Crippen LogP contribution in [-0.2, 0) is 4.74 Å². The van der Waals surface area contributed by atoms with Crippen molar-refractivity contribution in [2.24, 2.45) is 11.8 Å². The van der Waals surface area contributed by atoms with Crippen LogP contribution in [0.25, 0.3) is 0 Å². The van der Waals surface area contributed by atoms with Gasteiger partial charge < -0.3 is 9.47 Å². The van der Waals surface area contributed by atoms with Crippen molar-refractivity contribution in [3.63, 3.8) is 0 Å². The van der Waals surface area contributed by atoms with Gasteiger partial charge in [-0.25, -0.2) is 0 Å². The number of benzene rings is 1. The summed E-state index contributed by atoms with van der Waals surface area (Å²) in [4.78, 5) is 0. The van der Waals surface area contributed by atoms with Crippen molar-refractivity contribution in [2.75, 3.05) is 13.2 Å². The highest BCUT2D eigenvalue weighted by Crippen LogP contribution is 2.35. The first-order chi connectivity index (χ1) is 9.01. The van der Waals surface area contributed by atoms with E-state index in [9.17, 15) is 13.2 Å². The van der Waals surface area contributed by atoms with Gasteiger partial charge in [-0.3, -0.25) is 11.3 Å². The molecule has 0 amide bonds. The standard InChI is InChI=1S/C12H15F3N2O2/c13-12(14,15)19-10-4-2-1-3-9(10)11(17-16)8-5-6-18-7-8/h1-4,8,11,17H,5-7,16H2. The summed E-state index contributed by atoms with van der Waals surface area (Å²) >= 11 is 0. The normalized spacial score (nSPS) is 21.4. The lowest BCUT2D eigenvalue weighted by atomic mass is 9.92. The van der Waals surface area contributed by atoms with E-state index in [-0.39, 0.29) is 11.7 Å². The molecule has 1 heterocycles. The molecule has 0 saturated carbocycles. The predicted molar refractivity (Wildman–Crippen MR) is 62.1 cm³/mol. The monoisotopic (exact) mass is 276 g/mol. The summed E-state index contributed by atoms with van der Waals surface area (Å²) in [6, 6.07) is 5.57. The Morgan fingerprint density at radius 2 is 2.11 bits per heavy atom. The van der Waals surface area contributed by atoms with Crippen molar-refractivity contribution in [3.05, 3.63) is 29.8 Å². The van der Waals surface area contributed by atoms with Gasteiger partial charge in [0.15, 0.2) is 0 Å². The second kappa shape index (κ2) is 5.77. The number of nitrogens with two attached hydrogens (primary N) is 1. The molecule has 4 nitrogen and oxygen atoms in total. The van der Waals surface area contributed by atoms with E-state index >= 15 is 0 Å². The zero-order chi connectivity index (χ0) is 13.9. The molecule has 1 aliphatic heterocycles. The number of para-hydroxylation sites is 1. The maximum Gasteiger partial charge on any atom is 0.573 e. The van der Waals surface area contributed by atoms with Gasteiger partial charge in [0.1, 0.15) is 5.75 Å². The SMILES string of the molecule is NNC(c1ccccc1OC(F)(F)F)C1CCOC1. The minimum atomic E-state index is -4.72. The van der Waals surface area contributed by atoms with Crippen LogP contribution in [-0.4, -0.2) is 19.6 Å². The van der Waals surface area contributed by atoms with E-state index in [0.29, 0.717) is 18.8 Å². The molecule has 3 N–H and O–H groups in total. The van der Waals surface area contributed by atoms with Crippen molar-refractivity contribution in [1.29, 1.82) is 0 Å². The Morgan fingerprint density at radius 1 is 1.37 bits per heavy atom. The van der Waals surface area contributed by atoms with Gasteiger partial charge in [0.05, 0.1) is 12.6 Å². The second-order valence-electron chi connectivity index (χ2n) is 4.35. The number of nitrogens with one attached hydrogen (secondary N) is 1. The number of halogens is 3. The fourth-order valence-electron chi connectivity index (χ4n) is 2.25. The fraction of sp³-hybridized carbons (Fsp3) is 0.500. The molecule has 0 radical (unpaired) electrons. The van der Waals surface area contributed by atoms with Gasteiger partial charge >= 0.3 is 6.36 Å². The number of hydrogen-bond donors (Lipinski definition) is 2. The van der Waals surface area contributed by atoms with Crippen molar-refractivity contribution in [1.82, 2.24) is 5.43 Å². The summed E-state index contributed by atoms with van der Waals surface area (Å²) in [6.07, 6.45) is -3.98. The molecule has 0 spiro atoms. The molecule has 1 saturated heterocycles. The Labute approximate surface area is 108 Å². The number of hydrogen-bond acceptors (Lipinski definition) is 4. The molecular weight excluding hydrogens is 261 g/mol. The first-order valence-electron chi connectivity index (χ1n) is 5.90. The van der Waals surface area contributed by atoms with E-state index in [1.54, 1.807) is 12.1 Å². The number of hydrazine groups is 1. The zero-order valence-corrected chi connectivity index (χ0v) is 10.1. The van der Waals surface area contributed by atoms with Gasteiger partial charge in [-0.1, -0.05) is 18.2 Å². The van der Waals surface area contributed by atoms with Crippen LogP contribution in [0.2, 0.25) is 0 Å². The molecule has 19 heavy (non-hydrogen) atoms. The Balaban J connectivity index is 2.26. The molecule has 2 unspecified atom stereocenters. The van der Waals surface area contributed by atoms with Crippen LogP contribution in [0.3, 0.4) is 0 Å². The molecule has 106 valence electrons. The Kier molecular flexibility index (Phi) is 4.28. The zero-order valence-electron chi connectivity index (χ0n) is 10.1. The quantitative estimate of drug-likeness (QED) is 0.653. The minimum absolute atomic E-state index is 0.0305. The first kappa shape index (κ1) is 14.1. The Bertz CT molecular complexity index is 420. The highest BCUT2D eigenvalue weighted by molar-refractivity contribution is 5.36. The van der Waals surface area contributed by atoms with Gasteiger partial charge in [-0.2, -0.15) is 0 Å². The number of ether oxygens (including phenoxy) is 2. The third kappa shape index (κ3) is 3.59. The highest BCUT2D eigenvalue weighted by atomic mass is 19.4. The summed E-state index contributed by atoms with van der Waals surface area (Å²) in [5, 5.41) is 0. The summed E-state index contributed by atoms with van der Waals surface area (Å²) in [7, 11) is 0. The lowest BCUT2D eigenvalue weighted by molar-refractivity contribution is -0.275. The van der Waals surface area contributed by atoms with E-state index in [2.05, 4.69) is 10.2 Å². The molecule has 0 bridgehead atoms.